The Bertz CT molecular complexity index is 1240. The van der Waals surface area contributed by atoms with Crippen LogP contribution in [0.15, 0.2) is 60.2 Å². The van der Waals surface area contributed by atoms with Gasteiger partial charge in [0.1, 0.15) is 18.2 Å². The molecule has 3 rings (SSSR count). The number of carbonyl (C=O) groups excluding carboxylic acids is 1. The third-order valence-electron chi connectivity index (χ3n) is 4.98. The summed E-state index contributed by atoms with van der Waals surface area (Å²) in [4.78, 5) is 12.7. The van der Waals surface area contributed by atoms with E-state index in [1.165, 1.54) is 11.1 Å². The van der Waals surface area contributed by atoms with Crippen molar-refractivity contribution >= 4 is 40.3 Å². The number of benzene rings is 3. The molecular weight excluding hydrogens is 539 g/mol. The van der Waals surface area contributed by atoms with E-state index in [9.17, 15) is 10.1 Å². The number of hydrogen-bond acceptors (Lipinski definition) is 4. The van der Waals surface area contributed by atoms with E-state index in [4.69, 9.17) is 9.47 Å². The van der Waals surface area contributed by atoms with Gasteiger partial charge in [-0.15, -0.1) is 0 Å². The Morgan fingerprint density at radius 1 is 1.00 bits per heavy atom. The fourth-order valence-corrected chi connectivity index (χ4v) is 4.31. The normalized spacial score (nSPS) is 11.0. The number of nitriles is 1. The first-order valence-corrected chi connectivity index (χ1v) is 12.0. The van der Waals surface area contributed by atoms with E-state index in [-0.39, 0.29) is 5.57 Å². The lowest BCUT2D eigenvalue weighted by Gasteiger charge is -2.15. The fourth-order valence-electron chi connectivity index (χ4n) is 3.53. The lowest BCUT2D eigenvalue weighted by molar-refractivity contribution is -0.112. The van der Waals surface area contributed by atoms with Crippen molar-refractivity contribution in [3.63, 3.8) is 0 Å². The third-order valence-corrected chi connectivity index (χ3v) is 5.78. The van der Waals surface area contributed by atoms with Crippen LogP contribution in [-0.4, -0.2) is 12.5 Å². The summed E-state index contributed by atoms with van der Waals surface area (Å²) >= 11 is 2.19. The molecule has 0 fully saturated rings. The standard InChI is InChI=1S/C28H27IN2O3/c1-5-33-26-15-21(13-23(16-30)28(32)31-24-8-6-18(2)7-9-24)14-25(29)27(26)34-17-22-11-19(3)10-20(4)12-22/h6-15H,5,17H2,1-4H3,(H,31,32)/b23-13+. The Labute approximate surface area is 214 Å². The summed E-state index contributed by atoms with van der Waals surface area (Å²) in [6.07, 6.45) is 1.56. The Morgan fingerprint density at radius 3 is 2.29 bits per heavy atom. The molecule has 0 aliphatic heterocycles. The first-order chi connectivity index (χ1) is 16.3. The van der Waals surface area contributed by atoms with E-state index in [2.05, 4.69) is 60.0 Å². The van der Waals surface area contributed by atoms with Crippen LogP contribution in [0.4, 0.5) is 5.69 Å². The Kier molecular flexibility index (Phi) is 8.72. The van der Waals surface area contributed by atoms with Gasteiger partial charge in [-0.25, -0.2) is 0 Å². The number of rotatable bonds is 8. The van der Waals surface area contributed by atoms with Crippen LogP contribution in [-0.2, 0) is 11.4 Å². The minimum absolute atomic E-state index is 0.00253. The van der Waals surface area contributed by atoms with Gasteiger partial charge in [-0.05, 0) is 91.8 Å². The molecule has 0 heterocycles. The molecule has 0 atom stereocenters. The number of hydrogen-bond donors (Lipinski definition) is 1. The van der Waals surface area contributed by atoms with E-state index >= 15 is 0 Å². The number of halogens is 1. The number of nitrogens with zero attached hydrogens (tertiary/aromatic N) is 1. The maximum Gasteiger partial charge on any atom is 0.266 e. The molecule has 174 valence electrons. The first-order valence-electron chi connectivity index (χ1n) is 10.9. The summed E-state index contributed by atoms with van der Waals surface area (Å²) in [6.45, 7) is 8.87. The van der Waals surface area contributed by atoms with Crippen molar-refractivity contribution in [2.24, 2.45) is 0 Å². The first kappa shape index (κ1) is 25.3. The molecular formula is C28H27IN2O3. The lowest BCUT2D eigenvalue weighted by Crippen LogP contribution is -2.13. The van der Waals surface area contributed by atoms with Crippen LogP contribution in [0, 0.1) is 35.7 Å². The number of amides is 1. The zero-order valence-corrected chi connectivity index (χ0v) is 21.9. The summed E-state index contributed by atoms with van der Waals surface area (Å²) in [6, 6.07) is 19.4. The van der Waals surface area contributed by atoms with Crippen molar-refractivity contribution < 1.29 is 14.3 Å². The summed E-state index contributed by atoms with van der Waals surface area (Å²) in [5.74, 6) is 0.747. The van der Waals surface area contributed by atoms with Gasteiger partial charge < -0.3 is 14.8 Å². The molecule has 0 aliphatic rings. The zero-order chi connectivity index (χ0) is 24.7. The molecule has 0 saturated carbocycles. The third kappa shape index (κ3) is 6.84. The average Bonchev–Trinajstić information content (AvgIpc) is 2.78. The smallest absolute Gasteiger partial charge is 0.266 e. The van der Waals surface area contributed by atoms with Crippen molar-refractivity contribution in [2.45, 2.75) is 34.3 Å². The molecule has 0 aliphatic carbocycles. The highest BCUT2D eigenvalue weighted by atomic mass is 127. The van der Waals surface area contributed by atoms with Crippen LogP contribution >= 0.6 is 22.6 Å². The minimum atomic E-state index is -0.463. The monoisotopic (exact) mass is 566 g/mol. The molecule has 3 aromatic rings. The molecule has 34 heavy (non-hydrogen) atoms. The number of aryl methyl sites for hydroxylation is 3. The van der Waals surface area contributed by atoms with Gasteiger partial charge in [0.15, 0.2) is 11.5 Å². The van der Waals surface area contributed by atoms with Gasteiger partial charge in [0.2, 0.25) is 0 Å². The minimum Gasteiger partial charge on any atom is -0.490 e. The quantitative estimate of drug-likeness (QED) is 0.186. The Hall–Kier alpha value is -3.31. The molecule has 1 N–H and O–H groups in total. The van der Waals surface area contributed by atoms with Gasteiger partial charge >= 0.3 is 0 Å². The lowest BCUT2D eigenvalue weighted by atomic mass is 10.1. The Balaban J connectivity index is 1.85. The maximum atomic E-state index is 12.7. The fraction of sp³-hybridized carbons (Fsp3) is 0.214. The molecule has 0 unspecified atom stereocenters. The largest absolute Gasteiger partial charge is 0.490 e. The molecule has 6 heteroatoms. The molecule has 0 radical (unpaired) electrons. The van der Waals surface area contributed by atoms with E-state index in [0.717, 1.165) is 14.7 Å². The summed E-state index contributed by atoms with van der Waals surface area (Å²) in [5, 5.41) is 12.4. The molecule has 3 aromatic carbocycles. The van der Waals surface area contributed by atoms with Crippen molar-refractivity contribution in [1.29, 1.82) is 5.26 Å². The molecule has 0 saturated heterocycles. The van der Waals surface area contributed by atoms with Crippen molar-refractivity contribution in [3.05, 3.63) is 91.6 Å². The van der Waals surface area contributed by atoms with Crippen LogP contribution in [0.2, 0.25) is 0 Å². The van der Waals surface area contributed by atoms with Crippen LogP contribution < -0.4 is 14.8 Å². The van der Waals surface area contributed by atoms with Crippen molar-refractivity contribution in [3.8, 4) is 17.6 Å². The van der Waals surface area contributed by atoms with Gasteiger partial charge in [0, 0.05) is 5.69 Å². The molecule has 1 amide bonds. The van der Waals surface area contributed by atoms with Crippen LogP contribution in [0.5, 0.6) is 11.5 Å². The van der Waals surface area contributed by atoms with E-state index in [1.54, 1.807) is 24.3 Å². The average molecular weight is 566 g/mol. The van der Waals surface area contributed by atoms with E-state index in [0.29, 0.717) is 36.0 Å². The van der Waals surface area contributed by atoms with Gasteiger partial charge in [-0.2, -0.15) is 5.26 Å². The van der Waals surface area contributed by atoms with Gasteiger partial charge in [-0.3, -0.25) is 4.79 Å². The van der Waals surface area contributed by atoms with Crippen molar-refractivity contribution in [1.82, 2.24) is 0 Å². The topological polar surface area (TPSA) is 71.3 Å². The molecule has 0 spiro atoms. The zero-order valence-electron chi connectivity index (χ0n) is 19.7. The van der Waals surface area contributed by atoms with Crippen LogP contribution in [0.25, 0.3) is 6.08 Å². The number of anilines is 1. The predicted molar refractivity (Wildman–Crippen MR) is 144 cm³/mol. The van der Waals surface area contributed by atoms with E-state index in [1.807, 2.05) is 38.1 Å². The summed E-state index contributed by atoms with van der Waals surface area (Å²) in [7, 11) is 0. The number of ether oxygens (including phenoxy) is 2. The maximum absolute atomic E-state index is 12.7. The van der Waals surface area contributed by atoms with Gasteiger partial charge in [0.25, 0.3) is 5.91 Å². The second-order valence-electron chi connectivity index (χ2n) is 8.04. The Morgan fingerprint density at radius 2 is 1.68 bits per heavy atom. The highest BCUT2D eigenvalue weighted by molar-refractivity contribution is 14.1. The van der Waals surface area contributed by atoms with Crippen LogP contribution in [0.3, 0.4) is 0 Å². The summed E-state index contributed by atoms with van der Waals surface area (Å²) in [5.41, 5.74) is 5.87. The summed E-state index contributed by atoms with van der Waals surface area (Å²) < 4.78 is 12.8. The number of carbonyl (C=O) groups is 1. The van der Waals surface area contributed by atoms with Crippen molar-refractivity contribution in [2.75, 3.05) is 11.9 Å². The number of nitrogens with one attached hydrogen (secondary N) is 1. The molecule has 0 aromatic heterocycles. The van der Waals surface area contributed by atoms with Crippen LogP contribution in [0.1, 0.15) is 34.7 Å². The highest BCUT2D eigenvalue weighted by Gasteiger charge is 2.15. The van der Waals surface area contributed by atoms with Gasteiger partial charge in [0.05, 0.1) is 10.2 Å². The molecule has 5 nitrogen and oxygen atoms in total. The second kappa shape index (κ2) is 11.7. The SMILES string of the molecule is CCOc1cc(/C=C(\C#N)C(=O)Nc2ccc(C)cc2)cc(I)c1OCc1cc(C)cc(C)c1. The predicted octanol–water partition coefficient (Wildman–Crippen LogP) is 6.74. The second-order valence-corrected chi connectivity index (χ2v) is 9.20. The van der Waals surface area contributed by atoms with Gasteiger partial charge in [-0.1, -0.05) is 47.0 Å². The highest BCUT2D eigenvalue weighted by Crippen LogP contribution is 2.35. The molecule has 0 bridgehead atoms. The van der Waals surface area contributed by atoms with E-state index < -0.39 is 5.91 Å².